The molecule has 1 heterocycles. The summed E-state index contributed by atoms with van der Waals surface area (Å²) < 4.78 is 0. The van der Waals surface area contributed by atoms with Crippen LogP contribution < -0.4 is 5.32 Å². The van der Waals surface area contributed by atoms with E-state index in [9.17, 15) is 0 Å². The van der Waals surface area contributed by atoms with Crippen LogP contribution in [0.3, 0.4) is 0 Å². The van der Waals surface area contributed by atoms with Crippen LogP contribution in [0.4, 0.5) is 0 Å². The lowest BCUT2D eigenvalue weighted by atomic mass is 10.2. The summed E-state index contributed by atoms with van der Waals surface area (Å²) in [6.07, 6.45) is 8.42. The lowest BCUT2D eigenvalue weighted by Gasteiger charge is -2.01. The van der Waals surface area contributed by atoms with Crippen molar-refractivity contribution in [3.63, 3.8) is 0 Å². The third-order valence-corrected chi connectivity index (χ3v) is 1.97. The molecule has 1 rings (SSSR count). The minimum atomic E-state index is 0.693. The van der Waals surface area contributed by atoms with Crippen molar-refractivity contribution >= 4 is 5.84 Å². The summed E-state index contributed by atoms with van der Waals surface area (Å²) in [5, 5.41) is 11.8. The molecular formula is C11H15N3. The van der Waals surface area contributed by atoms with Gasteiger partial charge in [0, 0.05) is 24.7 Å². The fourth-order valence-electron chi connectivity index (χ4n) is 1.13. The fourth-order valence-corrected chi connectivity index (χ4v) is 1.13. The van der Waals surface area contributed by atoms with Crippen LogP contribution in [0.5, 0.6) is 0 Å². The third-order valence-electron chi connectivity index (χ3n) is 1.97. The lowest BCUT2D eigenvalue weighted by molar-refractivity contribution is 0.803. The maximum atomic E-state index is 8.68. The third kappa shape index (κ3) is 3.44. The van der Waals surface area contributed by atoms with E-state index in [1.165, 1.54) is 0 Å². The Kier molecular flexibility index (Phi) is 4.49. The number of amidine groups is 1. The number of allylic oxidation sites excluding steroid dienone is 2. The molecule has 0 aromatic carbocycles. The highest BCUT2D eigenvalue weighted by atomic mass is 15.0. The summed E-state index contributed by atoms with van der Waals surface area (Å²) in [7, 11) is 0. The van der Waals surface area contributed by atoms with Gasteiger partial charge in [-0.3, -0.25) is 4.99 Å². The summed E-state index contributed by atoms with van der Waals surface area (Å²) >= 11 is 0. The fraction of sp³-hybridized carbons (Fsp3) is 0.455. The second-order valence-corrected chi connectivity index (χ2v) is 3.14. The molecule has 0 saturated heterocycles. The maximum Gasteiger partial charge on any atom is 0.104 e. The molecule has 0 aliphatic carbocycles. The molecule has 3 heteroatoms. The molecular weight excluding hydrogens is 174 g/mol. The van der Waals surface area contributed by atoms with Crippen molar-refractivity contribution in [3.05, 3.63) is 23.9 Å². The van der Waals surface area contributed by atoms with Gasteiger partial charge < -0.3 is 5.32 Å². The van der Waals surface area contributed by atoms with E-state index < -0.39 is 0 Å². The van der Waals surface area contributed by atoms with Crippen molar-refractivity contribution in [1.29, 1.82) is 5.26 Å². The van der Waals surface area contributed by atoms with Gasteiger partial charge in [0.2, 0.25) is 0 Å². The largest absolute Gasteiger partial charge is 0.350 e. The SMILES string of the molecule is CCCCN=C1CC=C(C#N)C=CN1. The second kappa shape index (κ2) is 5.98. The number of nitriles is 1. The smallest absolute Gasteiger partial charge is 0.104 e. The summed E-state index contributed by atoms with van der Waals surface area (Å²) in [5.74, 6) is 0.944. The van der Waals surface area contributed by atoms with Crippen LogP contribution >= 0.6 is 0 Å². The minimum absolute atomic E-state index is 0.693. The Labute approximate surface area is 84.8 Å². The van der Waals surface area contributed by atoms with Crippen LogP contribution in [-0.4, -0.2) is 12.4 Å². The van der Waals surface area contributed by atoms with Gasteiger partial charge in [0.1, 0.15) is 5.84 Å². The van der Waals surface area contributed by atoms with E-state index in [1.807, 2.05) is 6.08 Å². The van der Waals surface area contributed by atoms with Crippen molar-refractivity contribution in [2.75, 3.05) is 6.54 Å². The summed E-state index contributed by atoms with van der Waals surface area (Å²) in [5.41, 5.74) is 0.693. The van der Waals surface area contributed by atoms with Gasteiger partial charge >= 0.3 is 0 Å². The van der Waals surface area contributed by atoms with Crippen molar-refractivity contribution in [2.45, 2.75) is 26.2 Å². The average molecular weight is 189 g/mol. The molecule has 0 bridgehead atoms. The Hall–Kier alpha value is -1.56. The topological polar surface area (TPSA) is 48.2 Å². The molecule has 0 spiro atoms. The van der Waals surface area contributed by atoms with Crippen molar-refractivity contribution in [1.82, 2.24) is 5.32 Å². The molecule has 1 aliphatic heterocycles. The molecule has 0 saturated carbocycles. The predicted molar refractivity (Wildman–Crippen MR) is 57.8 cm³/mol. The number of rotatable bonds is 3. The number of hydrogen-bond acceptors (Lipinski definition) is 2. The Balaban J connectivity index is 2.52. The van der Waals surface area contributed by atoms with E-state index >= 15 is 0 Å². The predicted octanol–water partition coefficient (Wildman–Crippen LogP) is 2.14. The Morgan fingerprint density at radius 2 is 2.50 bits per heavy atom. The zero-order valence-electron chi connectivity index (χ0n) is 8.45. The highest BCUT2D eigenvalue weighted by Crippen LogP contribution is 2.02. The molecule has 1 N–H and O–H groups in total. The summed E-state index contributed by atoms with van der Waals surface area (Å²) in [6, 6.07) is 2.11. The molecule has 14 heavy (non-hydrogen) atoms. The molecule has 0 aromatic rings. The zero-order valence-corrected chi connectivity index (χ0v) is 8.45. The monoisotopic (exact) mass is 189 g/mol. The van der Waals surface area contributed by atoms with E-state index in [2.05, 4.69) is 23.3 Å². The molecule has 74 valence electrons. The van der Waals surface area contributed by atoms with E-state index in [0.29, 0.717) is 5.57 Å². The quantitative estimate of drug-likeness (QED) is 0.691. The van der Waals surface area contributed by atoms with Crippen molar-refractivity contribution in [3.8, 4) is 6.07 Å². The maximum absolute atomic E-state index is 8.68. The number of hydrogen-bond donors (Lipinski definition) is 1. The van der Waals surface area contributed by atoms with Crippen LogP contribution in [0.15, 0.2) is 28.9 Å². The number of aliphatic imine (C=N–C) groups is 1. The van der Waals surface area contributed by atoms with Crippen molar-refractivity contribution in [2.24, 2.45) is 4.99 Å². The molecule has 0 unspecified atom stereocenters. The molecule has 0 amide bonds. The minimum Gasteiger partial charge on any atom is -0.350 e. The number of nitrogens with one attached hydrogen (secondary N) is 1. The summed E-state index contributed by atoms with van der Waals surface area (Å²) in [4.78, 5) is 4.40. The standard InChI is InChI=1S/C11H15N3/c1-2-3-7-13-11-5-4-10(9-12)6-8-14-11/h4,6,8H,2-3,5,7H2,1H3,(H,13,14). The first-order chi connectivity index (χ1) is 6.86. The molecule has 3 nitrogen and oxygen atoms in total. The van der Waals surface area contributed by atoms with Gasteiger partial charge in [0.05, 0.1) is 6.07 Å². The van der Waals surface area contributed by atoms with Crippen LogP contribution in [0.1, 0.15) is 26.2 Å². The normalized spacial score (nSPS) is 18.3. The first-order valence-corrected chi connectivity index (χ1v) is 4.93. The molecule has 0 radical (unpaired) electrons. The van der Waals surface area contributed by atoms with Gasteiger partial charge in [-0.25, -0.2) is 0 Å². The van der Waals surface area contributed by atoms with Gasteiger partial charge in [-0.15, -0.1) is 0 Å². The Bertz CT molecular complexity index is 305. The van der Waals surface area contributed by atoms with Gasteiger partial charge in [0.15, 0.2) is 0 Å². The van der Waals surface area contributed by atoms with Crippen LogP contribution in [0.2, 0.25) is 0 Å². The highest BCUT2D eigenvalue weighted by Gasteiger charge is 1.99. The zero-order chi connectivity index (χ0) is 10.2. The van der Waals surface area contributed by atoms with Gasteiger partial charge in [-0.1, -0.05) is 19.4 Å². The molecule has 0 aromatic heterocycles. The molecule has 0 atom stereocenters. The lowest BCUT2D eigenvalue weighted by Crippen LogP contribution is -2.15. The molecule has 1 aliphatic rings. The van der Waals surface area contributed by atoms with Crippen LogP contribution in [0.25, 0.3) is 0 Å². The summed E-state index contributed by atoms with van der Waals surface area (Å²) in [6.45, 7) is 3.01. The average Bonchev–Trinajstić information content (AvgIpc) is 2.43. The Morgan fingerprint density at radius 3 is 3.21 bits per heavy atom. The van der Waals surface area contributed by atoms with Gasteiger partial charge in [0.25, 0.3) is 0 Å². The van der Waals surface area contributed by atoms with E-state index in [0.717, 1.165) is 31.6 Å². The first-order valence-electron chi connectivity index (χ1n) is 4.93. The van der Waals surface area contributed by atoms with Gasteiger partial charge in [-0.2, -0.15) is 5.26 Å². The van der Waals surface area contributed by atoms with Crippen molar-refractivity contribution < 1.29 is 0 Å². The van der Waals surface area contributed by atoms with E-state index in [4.69, 9.17) is 5.26 Å². The second-order valence-electron chi connectivity index (χ2n) is 3.14. The number of nitrogens with zero attached hydrogens (tertiary/aromatic N) is 2. The van der Waals surface area contributed by atoms with Crippen LogP contribution in [-0.2, 0) is 0 Å². The first kappa shape index (κ1) is 10.5. The molecule has 0 fully saturated rings. The number of unbranched alkanes of at least 4 members (excludes halogenated alkanes) is 1. The van der Waals surface area contributed by atoms with E-state index in [1.54, 1.807) is 12.3 Å². The van der Waals surface area contributed by atoms with E-state index in [-0.39, 0.29) is 0 Å². The van der Waals surface area contributed by atoms with Crippen LogP contribution in [0, 0.1) is 11.3 Å². The Morgan fingerprint density at radius 1 is 1.64 bits per heavy atom. The van der Waals surface area contributed by atoms with Gasteiger partial charge in [-0.05, 0) is 12.5 Å². The highest BCUT2D eigenvalue weighted by molar-refractivity contribution is 5.85.